The highest BCUT2D eigenvalue weighted by atomic mass is 32.1. The van der Waals surface area contributed by atoms with Crippen molar-refractivity contribution in [1.82, 2.24) is 0 Å². The van der Waals surface area contributed by atoms with Crippen molar-refractivity contribution in [3.8, 4) is 0 Å². The van der Waals surface area contributed by atoms with Crippen LogP contribution < -0.4 is 5.73 Å². The number of hydrogen-bond acceptors (Lipinski definition) is 2. The van der Waals surface area contributed by atoms with E-state index in [4.69, 9.17) is 5.73 Å². The largest absolute Gasteiger partial charge is 0.323 e. The standard InChI is InChI=1S/C10H17NS/c1-6(2)10(11)9-5-7(3)8(4)12-9/h5-6,10H,11H2,1-4H3. The van der Waals surface area contributed by atoms with Crippen molar-refractivity contribution in [2.75, 3.05) is 0 Å². The molecule has 0 aliphatic heterocycles. The zero-order chi connectivity index (χ0) is 9.30. The topological polar surface area (TPSA) is 26.0 Å². The first kappa shape index (κ1) is 9.75. The molecule has 0 bridgehead atoms. The van der Waals surface area contributed by atoms with Gasteiger partial charge in [-0.3, -0.25) is 0 Å². The predicted molar refractivity (Wildman–Crippen MR) is 55.6 cm³/mol. The van der Waals surface area contributed by atoms with Crippen LogP contribution in [0.5, 0.6) is 0 Å². The fourth-order valence-electron chi connectivity index (χ4n) is 1.09. The van der Waals surface area contributed by atoms with E-state index in [-0.39, 0.29) is 6.04 Å². The van der Waals surface area contributed by atoms with Gasteiger partial charge in [-0.05, 0) is 31.4 Å². The van der Waals surface area contributed by atoms with Gasteiger partial charge in [0, 0.05) is 15.8 Å². The highest BCUT2D eigenvalue weighted by Crippen LogP contribution is 2.28. The SMILES string of the molecule is Cc1cc(C(N)C(C)C)sc1C. The molecule has 1 aromatic rings. The van der Waals surface area contributed by atoms with E-state index in [2.05, 4.69) is 33.8 Å². The molecule has 1 atom stereocenters. The molecule has 0 saturated carbocycles. The lowest BCUT2D eigenvalue weighted by Crippen LogP contribution is -2.14. The van der Waals surface area contributed by atoms with Gasteiger partial charge in [0.05, 0.1) is 0 Å². The molecule has 0 spiro atoms. The van der Waals surface area contributed by atoms with Crippen molar-refractivity contribution in [3.63, 3.8) is 0 Å². The maximum Gasteiger partial charge on any atom is 0.0413 e. The van der Waals surface area contributed by atoms with Gasteiger partial charge in [-0.15, -0.1) is 11.3 Å². The van der Waals surface area contributed by atoms with Gasteiger partial charge in [-0.1, -0.05) is 13.8 Å². The lowest BCUT2D eigenvalue weighted by molar-refractivity contribution is 0.521. The Morgan fingerprint density at radius 1 is 1.33 bits per heavy atom. The van der Waals surface area contributed by atoms with Crippen molar-refractivity contribution in [3.05, 3.63) is 21.4 Å². The Bertz CT molecular complexity index is 243. The second-order valence-corrected chi connectivity index (χ2v) is 4.95. The first-order valence-electron chi connectivity index (χ1n) is 4.35. The number of nitrogens with two attached hydrogens (primary N) is 1. The summed E-state index contributed by atoms with van der Waals surface area (Å²) in [4.78, 5) is 2.71. The molecule has 68 valence electrons. The molecule has 0 amide bonds. The molecule has 0 aliphatic carbocycles. The predicted octanol–water partition coefficient (Wildman–Crippen LogP) is 3.02. The average molecular weight is 183 g/mol. The van der Waals surface area contributed by atoms with Crippen molar-refractivity contribution < 1.29 is 0 Å². The zero-order valence-electron chi connectivity index (χ0n) is 8.22. The van der Waals surface area contributed by atoms with E-state index in [0.717, 1.165) is 0 Å². The number of rotatable bonds is 2. The molecular formula is C10H17NS. The van der Waals surface area contributed by atoms with E-state index < -0.39 is 0 Å². The number of thiophene rings is 1. The van der Waals surface area contributed by atoms with E-state index in [0.29, 0.717) is 5.92 Å². The van der Waals surface area contributed by atoms with Crippen molar-refractivity contribution >= 4 is 11.3 Å². The summed E-state index contributed by atoms with van der Waals surface area (Å²) in [7, 11) is 0. The van der Waals surface area contributed by atoms with Crippen LogP contribution in [-0.4, -0.2) is 0 Å². The molecule has 1 rings (SSSR count). The molecule has 12 heavy (non-hydrogen) atoms. The second kappa shape index (κ2) is 3.58. The maximum atomic E-state index is 6.03. The van der Waals surface area contributed by atoms with E-state index in [1.165, 1.54) is 15.3 Å². The Morgan fingerprint density at radius 3 is 2.25 bits per heavy atom. The van der Waals surface area contributed by atoms with Crippen LogP contribution in [0.15, 0.2) is 6.07 Å². The van der Waals surface area contributed by atoms with Gasteiger partial charge in [0.2, 0.25) is 0 Å². The van der Waals surface area contributed by atoms with Crippen molar-refractivity contribution in [2.24, 2.45) is 11.7 Å². The highest BCUT2D eigenvalue weighted by Gasteiger charge is 2.13. The van der Waals surface area contributed by atoms with Crippen molar-refractivity contribution in [2.45, 2.75) is 33.7 Å². The maximum absolute atomic E-state index is 6.03. The summed E-state index contributed by atoms with van der Waals surface area (Å²) in [5, 5.41) is 0. The Balaban J connectivity index is 2.89. The summed E-state index contributed by atoms with van der Waals surface area (Å²) in [6.45, 7) is 8.61. The van der Waals surface area contributed by atoms with E-state index in [1.54, 1.807) is 0 Å². The lowest BCUT2D eigenvalue weighted by atomic mass is 10.0. The van der Waals surface area contributed by atoms with Crippen LogP contribution in [0.3, 0.4) is 0 Å². The fourth-order valence-corrected chi connectivity index (χ4v) is 2.31. The first-order valence-corrected chi connectivity index (χ1v) is 5.16. The van der Waals surface area contributed by atoms with Crippen LogP contribution in [0.25, 0.3) is 0 Å². The van der Waals surface area contributed by atoms with Crippen LogP contribution in [0.2, 0.25) is 0 Å². The quantitative estimate of drug-likeness (QED) is 0.749. The van der Waals surface area contributed by atoms with Gasteiger partial charge in [0.1, 0.15) is 0 Å². The minimum absolute atomic E-state index is 0.211. The fraction of sp³-hybridized carbons (Fsp3) is 0.600. The Morgan fingerprint density at radius 2 is 1.92 bits per heavy atom. The number of hydrogen-bond donors (Lipinski definition) is 1. The molecule has 1 nitrogen and oxygen atoms in total. The molecule has 0 saturated heterocycles. The minimum atomic E-state index is 0.211. The number of aryl methyl sites for hydroxylation is 2. The van der Waals surface area contributed by atoms with E-state index in [1.807, 2.05) is 11.3 Å². The third-order valence-electron chi connectivity index (χ3n) is 2.23. The molecule has 2 heteroatoms. The third-order valence-corrected chi connectivity index (χ3v) is 3.49. The van der Waals surface area contributed by atoms with Crippen molar-refractivity contribution in [1.29, 1.82) is 0 Å². The van der Waals surface area contributed by atoms with Gasteiger partial charge in [-0.25, -0.2) is 0 Å². The summed E-state index contributed by atoms with van der Waals surface area (Å²) in [6, 6.07) is 2.42. The summed E-state index contributed by atoms with van der Waals surface area (Å²) in [5.74, 6) is 0.530. The van der Waals surface area contributed by atoms with Gasteiger partial charge in [0.15, 0.2) is 0 Å². The van der Waals surface area contributed by atoms with Gasteiger partial charge in [-0.2, -0.15) is 0 Å². The first-order chi connectivity index (χ1) is 5.52. The van der Waals surface area contributed by atoms with E-state index in [9.17, 15) is 0 Å². The highest BCUT2D eigenvalue weighted by molar-refractivity contribution is 7.12. The van der Waals surface area contributed by atoms with Crippen LogP contribution in [0.4, 0.5) is 0 Å². The molecule has 2 N–H and O–H groups in total. The van der Waals surface area contributed by atoms with E-state index >= 15 is 0 Å². The molecule has 0 radical (unpaired) electrons. The average Bonchev–Trinajstić information content (AvgIpc) is 2.30. The normalized spacial score (nSPS) is 13.8. The summed E-state index contributed by atoms with van der Waals surface area (Å²) in [5.41, 5.74) is 7.40. The molecule has 1 unspecified atom stereocenters. The van der Waals surface area contributed by atoms with Crippen LogP contribution >= 0.6 is 11.3 Å². The third kappa shape index (κ3) is 1.87. The van der Waals surface area contributed by atoms with Gasteiger partial charge < -0.3 is 5.73 Å². The van der Waals surface area contributed by atoms with Crippen LogP contribution in [0.1, 0.15) is 35.2 Å². The smallest absolute Gasteiger partial charge is 0.0413 e. The molecule has 0 fully saturated rings. The van der Waals surface area contributed by atoms with Crippen LogP contribution in [-0.2, 0) is 0 Å². The second-order valence-electron chi connectivity index (χ2n) is 3.66. The molecule has 0 aromatic carbocycles. The summed E-state index contributed by atoms with van der Waals surface area (Å²) < 4.78 is 0. The Hall–Kier alpha value is -0.340. The lowest BCUT2D eigenvalue weighted by Gasteiger charge is -2.12. The molecule has 1 heterocycles. The Kier molecular flexibility index (Phi) is 2.91. The molecule has 0 aliphatic rings. The van der Waals surface area contributed by atoms with Gasteiger partial charge >= 0.3 is 0 Å². The Labute approximate surface area is 78.6 Å². The minimum Gasteiger partial charge on any atom is -0.323 e. The summed E-state index contributed by atoms with van der Waals surface area (Å²) in [6.07, 6.45) is 0. The monoisotopic (exact) mass is 183 g/mol. The summed E-state index contributed by atoms with van der Waals surface area (Å²) >= 11 is 1.83. The van der Waals surface area contributed by atoms with Crippen LogP contribution in [0, 0.1) is 19.8 Å². The molecular weight excluding hydrogens is 166 g/mol. The van der Waals surface area contributed by atoms with Gasteiger partial charge in [0.25, 0.3) is 0 Å². The molecule has 1 aromatic heterocycles. The zero-order valence-corrected chi connectivity index (χ0v) is 9.03.